The fourth-order valence-electron chi connectivity index (χ4n) is 1.69. The van der Waals surface area contributed by atoms with Crippen molar-refractivity contribution in [1.29, 1.82) is 0 Å². The van der Waals surface area contributed by atoms with Crippen LogP contribution in [0.3, 0.4) is 0 Å². The van der Waals surface area contributed by atoms with Crippen LogP contribution in [0.25, 0.3) is 0 Å². The summed E-state index contributed by atoms with van der Waals surface area (Å²) in [5, 5.41) is 0. The molecule has 1 aliphatic heterocycles. The first-order valence-electron chi connectivity index (χ1n) is 5.35. The van der Waals surface area contributed by atoms with Gasteiger partial charge >= 0.3 is 0 Å². The van der Waals surface area contributed by atoms with E-state index in [2.05, 4.69) is 6.58 Å². The van der Waals surface area contributed by atoms with Crippen molar-refractivity contribution < 1.29 is 14.2 Å². The Morgan fingerprint density at radius 3 is 2.81 bits per heavy atom. The van der Waals surface area contributed by atoms with Gasteiger partial charge in [0.1, 0.15) is 5.75 Å². The fourth-order valence-corrected chi connectivity index (χ4v) is 1.69. The molecular weight excluding hydrogens is 204 g/mol. The molecule has 0 N–H and O–H groups in total. The van der Waals surface area contributed by atoms with Gasteiger partial charge < -0.3 is 14.2 Å². The second-order valence-electron chi connectivity index (χ2n) is 3.72. The van der Waals surface area contributed by atoms with Crippen LogP contribution in [0.5, 0.6) is 5.75 Å². The van der Waals surface area contributed by atoms with Crippen LogP contribution in [0.4, 0.5) is 0 Å². The lowest BCUT2D eigenvalue weighted by Crippen LogP contribution is -2.07. The maximum Gasteiger partial charge on any atom is 0.184 e. The summed E-state index contributed by atoms with van der Waals surface area (Å²) in [5.41, 5.74) is 1.02. The zero-order valence-electron chi connectivity index (χ0n) is 9.39. The van der Waals surface area contributed by atoms with E-state index in [9.17, 15) is 0 Å². The molecule has 0 aliphatic carbocycles. The Hall–Kier alpha value is -1.32. The molecule has 0 aromatic heterocycles. The van der Waals surface area contributed by atoms with Crippen LogP contribution in [0.15, 0.2) is 36.9 Å². The molecular formula is C13H16O3. The van der Waals surface area contributed by atoms with Gasteiger partial charge in [-0.3, -0.25) is 0 Å². The average Bonchev–Trinajstić information content (AvgIpc) is 2.78. The lowest BCUT2D eigenvalue weighted by atomic mass is 10.2. The molecule has 3 heteroatoms. The monoisotopic (exact) mass is 220 g/mol. The van der Waals surface area contributed by atoms with Crippen molar-refractivity contribution in [2.75, 3.05) is 13.7 Å². The molecule has 0 spiro atoms. The number of hydrogen-bond acceptors (Lipinski definition) is 3. The first-order chi connectivity index (χ1) is 7.83. The van der Waals surface area contributed by atoms with Crippen molar-refractivity contribution in [1.82, 2.24) is 0 Å². The van der Waals surface area contributed by atoms with Crippen LogP contribution >= 0.6 is 0 Å². The summed E-state index contributed by atoms with van der Waals surface area (Å²) in [7, 11) is 1.65. The molecule has 86 valence electrons. The Morgan fingerprint density at radius 2 is 2.19 bits per heavy atom. The third kappa shape index (κ3) is 2.43. The maximum atomic E-state index is 5.73. The Bertz CT molecular complexity index is 345. The lowest BCUT2D eigenvalue weighted by Gasteiger charge is -2.11. The van der Waals surface area contributed by atoms with E-state index in [-0.39, 0.29) is 12.4 Å². The van der Waals surface area contributed by atoms with Crippen LogP contribution in [0.2, 0.25) is 0 Å². The van der Waals surface area contributed by atoms with Gasteiger partial charge in [0.15, 0.2) is 6.29 Å². The Balaban J connectivity index is 2.00. The fraction of sp³-hybridized carbons (Fsp3) is 0.385. The largest absolute Gasteiger partial charge is 0.497 e. The molecule has 1 saturated heterocycles. The molecule has 3 nitrogen and oxygen atoms in total. The summed E-state index contributed by atoms with van der Waals surface area (Å²) in [6.07, 6.45) is 2.55. The average molecular weight is 220 g/mol. The predicted molar refractivity (Wildman–Crippen MR) is 61.4 cm³/mol. The van der Waals surface area contributed by atoms with Gasteiger partial charge in [0, 0.05) is 5.56 Å². The number of hydrogen-bond donors (Lipinski definition) is 0. The van der Waals surface area contributed by atoms with Crippen molar-refractivity contribution in [3.05, 3.63) is 42.5 Å². The SMILES string of the molecule is C=CC[C@H]1COC(c2ccc(OC)cc2)O1. The lowest BCUT2D eigenvalue weighted by molar-refractivity contribution is -0.0594. The summed E-state index contributed by atoms with van der Waals surface area (Å²) in [6.45, 7) is 4.32. The minimum atomic E-state index is -0.254. The molecule has 0 saturated carbocycles. The van der Waals surface area contributed by atoms with E-state index >= 15 is 0 Å². The van der Waals surface area contributed by atoms with Crippen LogP contribution in [-0.4, -0.2) is 19.8 Å². The minimum Gasteiger partial charge on any atom is -0.497 e. The van der Waals surface area contributed by atoms with Gasteiger partial charge in [-0.2, -0.15) is 0 Å². The highest BCUT2D eigenvalue weighted by atomic mass is 16.7. The van der Waals surface area contributed by atoms with E-state index in [4.69, 9.17) is 14.2 Å². The number of benzene rings is 1. The molecule has 1 fully saturated rings. The Labute approximate surface area is 95.6 Å². The molecule has 1 aliphatic rings. The summed E-state index contributed by atoms with van der Waals surface area (Å²) < 4.78 is 16.4. The molecule has 2 rings (SSSR count). The number of ether oxygens (including phenoxy) is 3. The third-order valence-electron chi connectivity index (χ3n) is 2.57. The minimum absolute atomic E-state index is 0.129. The molecule has 1 aromatic carbocycles. The van der Waals surface area contributed by atoms with Crippen molar-refractivity contribution in [2.24, 2.45) is 0 Å². The van der Waals surface area contributed by atoms with Gasteiger partial charge in [-0.25, -0.2) is 0 Å². The van der Waals surface area contributed by atoms with E-state index in [0.717, 1.165) is 17.7 Å². The predicted octanol–water partition coefficient (Wildman–Crippen LogP) is 2.69. The first-order valence-corrected chi connectivity index (χ1v) is 5.35. The quantitative estimate of drug-likeness (QED) is 0.730. The maximum absolute atomic E-state index is 5.73. The van der Waals surface area contributed by atoms with Crippen LogP contribution < -0.4 is 4.74 Å². The molecule has 1 aromatic rings. The Morgan fingerprint density at radius 1 is 1.44 bits per heavy atom. The second kappa shape index (κ2) is 5.14. The van der Waals surface area contributed by atoms with Crippen LogP contribution in [0, 0.1) is 0 Å². The molecule has 0 radical (unpaired) electrons. The van der Waals surface area contributed by atoms with Crippen LogP contribution in [0.1, 0.15) is 18.3 Å². The summed E-state index contributed by atoms with van der Waals surface area (Å²) in [4.78, 5) is 0. The highest BCUT2D eigenvalue weighted by molar-refractivity contribution is 5.28. The van der Waals surface area contributed by atoms with E-state index < -0.39 is 0 Å². The first kappa shape index (κ1) is 11.2. The zero-order valence-corrected chi connectivity index (χ0v) is 9.39. The Kier molecular flexibility index (Phi) is 3.59. The van der Waals surface area contributed by atoms with Crippen molar-refractivity contribution in [2.45, 2.75) is 18.8 Å². The molecule has 2 atom stereocenters. The van der Waals surface area contributed by atoms with Gasteiger partial charge in [-0.1, -0.05) is 18.2 Å². The van der Waals surface area contributed by atoms with Gasteiger partial charge in [-0.15, -0.1) is 6.58 Å². The van der Waals surface area contributed by atoms with E-state index in [1.165, 1.54) is 0 Å². The van der Waals surface area contributed by atoms with Crippen molar-refractivity contribution >= 4 is 0 Å². The van der Waals surface area contributed by atoms with Gasteiger partial charge in [0.25, 0.3) is 0 Å². The summed E-state index contributed by atoms with van der Waals surface area (Å²) >= 11 is 0. The molecule has 16 heavy (non-hydrogen) atoms. The summed E-state index contributed by atoms with van der Waals surface area (Å²) in [6, 6.07) is 7.73. The van der Waals surface area contributed by atoms with Gasteiger partial charge in [0.2, 0.25) is 0 Å². The third-order valence-corrected chi connectivity index (χ3v) is 2.57. The normalized spacial score (nSPS) is 24.3. The smallest absolute Gasteiger partial charge is 0.184 e. The van der Waals surface area contributed by atoms with Crippen molar-refractivity contribution in [3.8, 4) is 5.75 Å². The van der Waals surface area contributed by atoms with E-state index in [0.29, 0.717) is 6.61 Å². The van der Waals surface area contributed by atoms with E-state index in [1.54, 1.807) is 7.11 Å². The molecule has 0 amide bonds. The number of rotatable bonds is 4. The van der Waals surface area contributed by atoms with Gasteiger partial charge in [0.05, 0.1) is 19.8 Å². The molecule has 1 heterocycles. The van der Waals surface area contributed by atoms with Gasteiger partial charge in [-0.05, 0) is 18.6 Å². The topological polar surface area (TPSA) is 27.7 Å². The highest BCUT2D eigenvalue weighted by Crippen LogP contribution is 2.29. The van der Waals surface area contributed by atoms with Crippen LogP contribution in [-0.2, 0) is 9.47 Å². The zero-order chi connectivity index (χ0) is 11.4. The second-order valence-corrected chi connectivity index (χ2v) is 3.72. The van der Waals surface area contributed by atoms with Crippen molar-refractivity contribution in [3.63, 3.8) is 0 Å². The molecule has 0 bridgehead atoms. The highest BCUT2D eigenvalue weighted by Gasteiger charge is 2.26. The molecule has 1 unspecified atom stereocenters. The number of methoxy groups -OCH3 is 1. The standard InChI is InChI=1S/C13H16O3/c1-3-4-12-9-15-13(16-12)10-5-7-11(14-2)8-6-10/h3,5-8,12-13H,1,4,9H2,2H3/t12-,13?/m0/s1. The summed E-state index contributed by atoms with van der Waals surface area (Å²) in [5.74, 6) is 0.837. The van der Waals surface area contributed by atoms with E-state index in [1.807, 2.05) is 30.3 Å².